The quantitative estimate of drug-likeness (QED) is 0.627. The Morgan fingerprint density at radius 1 is 1.21 bits per heavy atom. The summed E-state index contributed by atoms with van der Waals surface area (Å²) in [6.07, 6.45) is 6.04. The van der Waals surface area contributed by atoms with E-state index in [4.69, 9.17) is 23.2 Å². The molecule has 0 spiro atoms. The maximum Gasteiger partial charge on any atom is 0.269 e. The monoisotopic (exact) mass is 486 g/mol. The number of carbonyl (C=O) groups is 3. The highest BCUT2D eigenvalue weighted by atomic mass is 35.5. The summed E-state index contributed by atoms with van der Waals surface area (Å²) in [6, 6.07) is 3.81. The first-order valence-electron chi connectivity index (χ1n) is 10.8. The summed E-state index contributed by atoms with van der Waals surface area (Å²) in [6.45, 7) is 4.57. The van der Waals surface area contributed by atoms with Crippen molar-refractivity contribution in [3.05, 3.63) is 57.3 Å². The van der Waals surface area contributed by atoms with Crippen LogP contribution in [0.4, 0.5) is 0 Å². The lowest BCUT2D eigenvalue weighted by Gasteiger charge is -2.17. The number of halogens is 2. The fourth-order valence-electron chi connectivity index (χ4n) is 4.52. The Bertz CT molecular complexity index is 1180. The van der Waals surface area contributed by atoms with E-state index in [2.05, 4.69) is 15.4 Å². The van der Waals surface area contributed by atoms with Crippen LogP contribution >= 0.6 is 23.2 Å². The molecule has 2 heterocycles. The second kappa shape index (κ2) is 9.61. The Balaban J connectivity index is 1.44. The van der Waals surface area contributed by atoms with Gasteiger partial charge in [0.1, 0.15) is 17.4 Å². The van der Waals surface area contributed by atoms with Gasteiger partial charge in [-0.3, -0.25) is 19.4 Å². The van der Waals surface area contributed by atoms with Gasteiger partial charge in [0.25, 0.3) is 5.91 Å². The number of hydrogen-bond donors (Lipinski definition) is 1. The molecule has 33 heavy (non-hydrogen) atoms. The fourth-order valence-corrected chi connectivity index (χ4v) is 4.85. The minimum Gasteiger partial charge on any atom is -0.351 e. The number of nitrogens with zero attached hydrogens (tertiary/aromatic N) is 3. The Hall–Kier alpha value is -2.77. The van der Waals surface area contributed by atoms with Crippen LogP contribution in [0.1, 0.15) is 41.9 Å². The van der Waals surface area contributed by atoms with Gasteiger partial charge in [0.15, 0.2) is 5.78 Å². The molecule has 1 aromatic heterocycles. The number of ketones is 2. The molecule has 1 saturated carbocycles. The van der Waals surface area contributed by atoms with Gasteiger partial charge in [-0.15, -0.1) is 0 Å². The average molecular weight is 487 g/mol. The zero-order valence-corrected chi connectivity index (χ0v) is 19.9. The number of aromatic nitrogens is 2. The predicted molar refractivity (Wildman–Crippen MR) is 127 cm³/mol. The number of carbonyl (C=O) groups excluding carboxylic acids is 3. The van der Waals surface area contributed by atoms with Crippen LogP contribution < -0.4 is 5.32 Å². The van der Waals surface area contributed by atoms with E-state index in [1.807, 2.05) is 26.0 Å². The van der Waals surface area contributed by atoms with Gasteiger partial charge in [0.05, 0.1) is 16.9 Å². The molecule has 1 amide bonds. The van der Waals surface area contributed by atoms with E-state index < -0.39 is 11.8 Å². The molecule has 0 bridgehead atoms. The molecule has 1 fully saturated rings. The summed E-state index contributed by atoms with van der Waals surface area (Å²) in [7, 11) is 0. The highest BCUT2D eigenvalue weighted by molar-refractivity contribution is 6.46. The predicted octanol–water partition coefficient (Wildman–Crippen LogP) is 3.86. The third-order valence-electron chi connectivity index (χ3n) is 6.08. The number of hydrogen-bond acceptors (Lipinski definition) is 5. The molecule has 2 aromatic rings. The van der Waals surface area contributed by atoms with E-state index in [0.717, 1.165) is 22.4 Å². The Morgan fingerprint density at radius 3 is 2.58 bits per heavy atom. The van der Waals surface area contributed by atoms with Gasteiger partial charge in [-0.05, 0) is 55.2 Å². The van der Waals surface area contributed by atoms with Crippen molar-refractivity contribution in [3.8, 4) is 5.69 Å². The molecule has 9 heteroatoms. The number of aliphatic imine (C=N–C) groups is 1. The summed E-state index contributed by atoms with van der Waals surface area (Å²) < 4.78 is 1.66. The molecule has 4 rings (SSSR count). The van der Waals surface area contributed by atoms with Gasteiger partial charge in [-0.2, -0.15) is 5.10 Å². The summed E-state index contributed by atoms with van der Waals surface area (Å²) in [5, 5.41) is 8.13. The number of nitrogens with one attached hydrogen (secondary N) is 1. The van der Waals surface area contributed by atoms with Crippen molar-refractivity contribution in [2.75, 3.05) is 13.1 Å². The smallest absolute Gasteiger partial charge is 0.269 e. The summed E-state index contributed by atoms with van der Waals surface area (Å²) in [5.41, 5.74) is 3.59. The number of rotatable bonds is 6. The second-order valence-electron chi connectivity index (χ2n) is 8.45. The van der Waals surface area contributed by atoms with Gasteiger partial charge < -0.3 is 5.32 Å². The molecule has 1 N–H and O–H groups in total. The number of Topliss-reactive ketones (excluding diaryl/α,β-unsaturated/α-hetero) is 2. The van der Waals surface area contributed by atoms with E-state index in [9.17, 15) is 14.4 Å². The van der Waals surface area contributed by atoms with E-state index >= 15 is 0 Å². The number of aryl methyl sites for hydroxylation is 2. The van der Waals surface area contributed by atoms with Crippen molar-refractivity contribution in [2.24, 2.45) is 10.9 Å². The first kappa shape index (κ1) is 23.4. The summed E-state index contributed by atoms with van der Waals surface area (Å²) in [4.78, 5) is 42.5. The summed E-state index contributed by atoms with van der Waals surface area (Å²) >= 11 is 12.0. The van der Waals surface area contributed by atoms with Crippen molar-refractivity contribution in [3.63, 3.8) is 0 Å². The van der Waals surface area contributed by atoms with Gasteiger partial charge in [0, 0.05) is 43.1 Å². The molecule has 7 nitrogen and oxygen atoms in total. The van der Waals surface area contributed by atoms with Gasteiger partial charge in [0.2, 0.25) is 0 Å². The van der Waals surface area contributed by atoms with E-state index in [-0.39, 0.29) is 30.4 Å². The first-order valence-corrected chi connectivity index (χ1v) is 11.6. The maximum atomic E-state index is 13.2. The maximum absolute atomic E-state index is 13.2. The first-order chi connectivity index (χ1) is 15.7. The molecule has 2 aliphatic rings. The van der Waals surface area contributed by atoms with Crippen LogP contribution in [-0.4, -0.2) is 46.1 Å². The highest BCUT2D eigenvalue weighted by Gasteiger charge is 2.42. The van der Waals surface area contributed by atoms with Crippen molar-refractivity contribution in [2.45, 2.75) is 39.0 Å². The molecule has 0 saturated heterocycles. The topological polar surface area (TPSA) is 93.4 Å². The van der Waals surface area contributed by atoms with Gasteiger partial charge in [-0.25, -0.2) is 4.68 Å². The van der Waals surface area contributed by atoms with Crippen LogP contribution in [-0.2, 0) is 14.4 Å². The number of amides is 1. The normalized spacial score (nSPS) is 20.6. The Labute approximate surface area is 201 Å². The zero-order chi connectivity index (χ0) is 23.7. The third kappa shape index (κ3) is 4.94. The fraction of sp³-hybridized carbons (Fsp3) is 0.375. The SMILES string of the molecule is Cc1cc(-n2cc(Cl)cn2)cc(C)c1C1C(=O)CC(CCNC(=O)C2=NCCC(Cl)=C2)C1=O. The summed E-state index contributed by atoms with van der Waals surface area (Å²) in [5.74, 6) is -1.68. The van der Waals surface area contributed by atoms with Crippen LogP contribution in [0.2, 0.25) is 5.02 Å². The lowest BCUT2D eigenvalue weighted by molar-refractivity contribution is -0.125. The lowest BCUT2D eigenvalue weighted by atomic mass is 9.87. The van der Waals surface area contributed by atoms with Crippen LogP contribution in [0.5, 0.6) is 0 Å². The lowest BCUT2D eigenvalue weighted by Crippen LogP contribution is -2.33. The standard InChI is InChI=1S/C24H24Cl2N4O3/c1-13-7-18(30-12-17(26)11-29-30)8-14(2)21(13)22-20(31)9-15(23(22)32)3-5-28-24(33)19-10-16(25)4-6-27-19/h7-8,10-12,15,22H,3-6,9H2,1-2H3,(H,28,33). The Morgan fingerprint density at radius 2 is 1.94 bits per heavy atom. The minimum absolute atomic E-state index is 0.0798. The van der Waals surface area contributed by atoms with Crippen molar-refractivity contribution < 1.29 is 14.4 Å². The van der Waals surface area contributed by atoms with Crippen LogP contribution in [0.15, 0.2) is 40.6 Å². The molecular formula is C24H24Cl2N4O3. The minimum atomic E-state index is -0.773. The molecule has 1 aliphatic carbocycles. The number of benzene rings is 1. The van der Waals surface area contributed by atoms with Gasteiger partial charge >= 0.3 is 0 Å². The number of dihydropyridines is 1. The molecule has 172 valence electrons. The van der Waals surface area contributed by atoms with Crippen LogP contribution in [0.25, 0.3) is 5.69 Å². The molecule has 2 atom stereocenters. The van der Waals surface area contributed by atoms with E-state index in [0.29, 0.717) is 35.2 Å². The molecular weight excluding hydrogens is 463 g/mol. The molecule has 1 aliphatic heterocycles. The third-order valence-corrected chi connectivity index (χ3v) is 6.57. The van der Waals surface area contributed by atoms with Crippen molar-refractivity contribution >= 4 is 46.4 Å². The van der Waals surface area contributed by atoms with Crippen LogP contribution in [0.3, 0.4) is 0 Å². The average Bonchev–Trinajstić information content (AvgIpc) is 3.31. The van der Waals surface area contributed by atoms with Crippen LogP contribution in [0, 0.1) is 19.8 Å². The zero-order valence-electron chi connectivity index (χ0n) is 18.4. The van der Waals surface area contributed by atoms with E-state index in [1.54, 1.807) is 23.2 Å². The van der Waals surface area contributed by atoms with Crippen molar-refractivity contribution in [1.29, 1.82) is 0 Å². The molecule has 0 radical (unpaired) electrons. The molecule has 1 aromatic carbocycles. The highest BCUT2D eigenvalue weighted by Crippen LogP contribution is 2.37. The van der Waals surface area contributed by atoms with Crippen molar-refractivity contribution in [1.82, 2.24) is 15.1 Å². The second-order valence-corrected chi connectivity index (χ2v) is 9.37. The largest absolute Gasteiger partial charge is 0.351 e. The Kier molecular flexibility index (Phi) is 6.81. The molecule has 2 unspecified atom stereocenters. The van der Waals surface area contributed by atoms with Gasteiger partial charge in [-0.1, -0.05) is 23.2 Å². The van der Waals surface area contributed by atoms with E-state index in [1.165, 1.54) is 0 Å².